The molecule has 0 radical (unpaired) electrons. The molecule has 0 atom stereocenters. The van der Waals surface area contributed by atoms with Crippen molar-refractivity contribution in [3.05, 3.63) is 97.3 Å². The Balaban J connectivity index is 1.44. The molecule has 0 bridgehead atoms. The number of aromatic nitrogens is 1. The van der Waals surface area contributed by atoms with Gasteiger partial charge >= 0.3 is 0 Å². The minimum absolute atomic E-state index is 0.0445. The van der Waals surface area contributed by atoms with E-state index >= 15 is 0 Å². The first-order valence-corrected chi connectivity index (χ1v) is 11.8. The highest BCUT2D eigenvalue weighted by molar-refractivity contribution is 9.10. The quantitative estimate of drug-likeness (QED) is 0.110. The number of fused-ring (bicyclic) bond motifs is 1. The molecule has 3 aromatic carbocycles. The largest absolute Gasteiger partial charge is 0.488 e. The monoisotopic (exact) mass is 523 g/mol. The van der Waals surface area contributed by atoms with Gasteiger partial charge in [-0.3, -0.25) is 10.1 Å². The Bertz CT molecular complexity index is 1330. The molecule has 9 heteroatoms. The Hall–Kier alpha value is -3.19. The predicted molar refractivity (Wildman–Crippen MR) is 131 cm³/mol. The SMILES string of the molecule is N#C/C(=C\c1ccc(OCc2ccc([N+](=O)[O-])cc2)c(Br)c1)Sc1nc2ccccc2s1. The van der Waals surface area contributed by atoms with Gasteiger partial charge in [0.1, 0.15) is 18.4 Å². The smallest absolute Gasteiger partial charge is 0.269 e. The van der Waals surface area contributed by atoms with Gasteiger partial charge in [0.2, 0.25) is 0 Å². The molecule has 0 spiro atoms. The number of benzene rings is 3. The summed E-state index contributed by atoms with van der Waals surface area (Å²) in [6.45, 7) is 0.280. The highest BCUT2D eigenvalue weighted by atomic mass is 79.9. The van der Waals surface area contributed by atoms with Crippen LogP contribution in [0.15, 0.2) is 80.4 Å². The molecule has 0 N–H and O–H groups in total. The van der Waals surface area contributed by atoms with E-state index in [4.69, 9.17) is 4.74 Å². The lowest BCUT2D eigenvalue weighted by atomic mass is 10.2. The maximum Gasteiger partial charge on any atom is 0.269 e. The fraction of sp³-hybridized carbons (Fsp3) is 0.0435. The fourth-order valence-corrected chi connectivity index (χ4v) is 5.31. The van der Waals surface area contributed by atoms with E-state index in [1.807, 2.05) is 48.5 Å². The van der Waals surface area contributed by atoms with E-state index in [2.05, 4.69) is 27.0 Å². The van der Waals surface area contributed by atoms with Crippen LogP contribution in [0.2, 0.25) is 0 Å². The maximum atomic E-state index is 10.7. The molecule has 0 saturated heterocycles. The third-order valence-electron chi connectivity index (χ3n) is 4.38. The number of nitrogens with zero attached hydrogens (tertiary/aromatic N) is 3. The molecule has 0 fully saturated rings. The van der Waals surface area contributed by atoms with E-state index in [-0.39, 0.29) is 12.3 Å². The topological polar surface area (TPSA) is 89.0 Å². The van der Waals surface area contributed by atoms with Gasteiger partial charge in [-0.2, -0.15) is 5.26 Å². The summed E-state index contributed by atoms with van der Waals surface area (Å²) >= 11 is 6.41. The molecule has 158 valence electrons. The van der Waals surface area contributed by atoms with Crippen molar-refractivity contribution in [3.8, 4) is 11.8 Å². The third-order valence-corrected chi connectivity index (χ3v) is 7.02. The van der Waals surface area contributed by atoms with Crippen molar-refractivity contribution in [3.63, 3.8) is 0 Å². The first-order valence-electron chi connectivity index (χ1n) is 9.33. The zero-order valence-corrected chi connectivity index (χ0v) is 19.6. The van der Waals surface area contributed by atoms with E-state index in [9.17, 15) is 15.4 Å². The van der Waals surface area contributed by atoms with Gasteiger partial charge in [-0.05, 0) is 81.3 Å². The normalized spacial score (nSPS) is 11.3. The van der Waals surface area contributed by atoms with Crippen LogP contribution in [0, 0.1) is 21.4 Å². The number of halogens is 1. The second-order valence-electron chi connectivity index (χ2n) is 6.57. The lowest BCUT2D eigenvalue weighted by Gasteiger charge is -2.09. The number of non-ortho nitro benzene ring substituents is 1. The van der Waals surface area contributed by atoms with Gasteiger partial charge in [0.25, 0.3) is 5.69 Å². The summed E-state index contributed by atoms with van der Waals surface area (Å²) in [5.41, 5.74) is 2.65. The van der Waals surface area contributed by atoms with Crippen molar-refractivity contribution in [2.75, 3.05) is 0 Å². The zero-order chi connectivity index (χ0) is 22.5. The standard InChI is InChI=1S/C23H14BrN3O3S2/c24-19-12-16(7-10-21(19)30-14-15-5-8-17(9-6-15)27(28)29)11-18(13-25)31-23-26-20-3-1-2-4-22(20)32-23/h1-12H,14H2/b18-11+. The summed E-state index contributed by atoms with van der Waals surface area (Å²) in [4.78, 5) is 15.4. The molecule has 0 saturated carbocycles. The Morgan fingerprint density at radius 2 is 2.00 bits per heavy atom. The molecule has 1 heterocycles. The molecule has 4 rings (SSSR count). The Labute approximate surface area is 200 Å². The lowest BCUT2D eigenvalue weighted by Crippen LogP contribution is -1.97. The molecule has 32 heavy (non-hydrogen) atoms. The van der Waals surface area contributed by atoms with Crippen LogP contribution in [0.5, 0.6) is 5.75 Å². The van der Waals surface area contributed by atoms with Gasteiger partial charge in [0, 0.05) is 12.1 Å². The van der Waals surface area contributed by atoms with E-state index in [1.165, 1.54) is 23.9 Å². The van der Waals surface area contributed by atoms with Crippen LogP contribution in [0.25, 0.3) is 16.3 Å². The van der Waals surface area contributed by atoms with Crippen molar-refractivity contribution in [1.82, 2.24) is 4.98 Å². The number of nitro groups is 1. The number of nitro benzene ring substituents is 1. The van der Waals surface area contributed by atoms with Crippen LogP contribution >= 0.6 is 39.0 Å². The fourth-order valence-electron chi connectivity index (χ4n) is 2.82. The van der Waals surface area contributed by atoms with Crippen LogP contribution in [0.4, 0.5) is 5.69 Å². The van der Waals surface area contributed by atoms with Crippen LogP contribution in [-0.2, 0) is 6.61 Å². The molecule has 4 aromatic rings. The van der Waals surface area contributed by atoms with Crippen LogP contribution in [-0.4, -0.2) is 9.91 Å². The first-order chi connectivity index (χ1) is 15.5. The summed E-state index contributed by atoms with van der Waals surface area (Å²) in [5.74, 6) is 0.637. The van der Waals surface area contributed by atoms with E-state index in [0.717, 1.165) is 30.2 Å². The average molecular weight is 524 g/mol. The second kappa shape index (κ2) is 9.96. The summed E-state index contributed by atoms with van der Waals surface area (Å²) < 4.78 is 8.48. The molecule has 0 aliphatic carbocycles. The van der Waals surface area contributed by atoms with E-state index in [1.54, 1.807) is 23.5 Å². The molecular formula is C23H14BrN3O3S2. The van der Waals surface area contributed by atoms with Gasteiger partial charge < -0.3 is 4.74 Å². The summed E-state index contributed by atoms with van der Waals surface area (Å²) in [6.07, 6.45) is 1.81. The molecule has 0 amide bonds. The highest BCUT2D eigenvalue weighted by Crippen LogP contribution is 2.35. The van der Waals surface area contributed by atoms with Gasteiger partial charge in [-0.25, -0.2) is 4.98 Å². The number of thioether (sulfide) groups is 1. The molecule has 6 nitrogen and oxygen atoms in total. The predicted octanol–water partition coefficient (Wildman–Crippen LogP) is 7.20. The van der Waals surface area contributed by atoms with Crippen molar-refractivity contribution in [2.45, 2.75) is 10.9 Å². The summed E-state index contributed by atoms with van der Waals surface area (Å²) in [7, 11) is 0. The van der Waals surface area contributed by atoms with Crippen LogP contribution in [0.1, 0.15) is 11.1 Å². The number of nitriles is 1. The Kier molecular flexibility index (Phi) is 6.85. The number of rotatable bonds is 7. The zero-order valence-electron chi connectivity index (χ0n) is 16.4. The number of hydrogen-bond acceptors (Lipinski definition) is 7. The number of ether oxygens (including phenoxy) is 1. The molecule has 0 aliphatic rings. The molecule has 0 aliphatic heterocycles. The van der Waals surface area contributed by atoms with Gasteiger partial charge in [0.05, 0.1) is 24.5 Å². The van der Waals surface area contributed by atoms with Gasteiger partial charge in [-0.15, -0.1) is 11.3 Å². The minimum atomic E-state index is -0.432. The summed E-state index contributed by atoms with van der Waals surface area (Å²) in [6, 6.07) is 21.9. The van der Waals surface area contributed by atoms with Gasteiger partial charge in [0.15, 0.2) is 4.34 Å². The molecular weight excluding hydrogens is 510 g/mol. The minimum Gasteiger partial charge on any atom is -0.488 e. The number of allylic oxidation sites excluding steroid dienone is 1. The van der Waals surface area contributed by atoms with E-state index in [0.29, 0.717) is 10.7 Å². The lowest BCUT2D eigenvalue weighted by molar-refractivity contribution is -0.384. The first kappa shape index (κ1) is 22.0. The summed E-state index contributed by atoms with van der Waals surface area (Å²) in [5, 5.41) is 20.3. The van der Waals surface area contributed by atoms with Crippen LogP contribution in [0.3, 0.4) is 0 Å². The maximum absolute atomic E-state index is 10.7. The van der Waals surface area contributed by atoms with Crippen LogP contribution < -0.4 is 4.74 Å². The van der Waals surface area contributed by atoms with Gasteiger partial charge in [-0.1, -0.05) is 18.2 Å². The second-order valence-corrected chi connectivity index (χ2v) is 9.75. The Morgan fingerprint density at radius 1 is 1.22 bits per heavy atom. The Morgan fingerprint density at radius 3 is 2.69 bits per heavy atom. The molecule has 0 unspecified atom stereocenters. The van der Waals surface area contributed by atoms with Crippen molar-refractivity contribution in [1.29, 1.82) is 5.26 Å². The number of para-hydroxylation sites is 1. The highest BCUT2D eigenvalue weighted by Gasteiger charge is 2.09. The van der Waals surface area contributed by atoms with Crippen molar-refractivity contribution in [2.24, 2.45) is 0 Å². The van der Waals surface area contributed by atoms with Crippen molar-refractivity contribution >= 4 is 61.0 Å². The molecule has 1 aromatic heterocycles. The third kappa shape index (κ3) is 5.34. The number of thiazole rings is 1. The number of hydrogen-bond donors (Lipinski definition) is 0. The van der Waals surface area contributed by atoms with Crippen molar-refractivity contribution < 1.29 is 9.66 Å². The average Bonchev–Trinajstić information content (AvgIpc) is 3.20. The van der Waals surface area contributed by atoms with E-state index < -0.39 is 4.92 Å².